The van der Waals surface area contributed by atoms with Gasteiger partial charge in [-0.2, -0.15) is 0 Å². The lowest BCUT2D eigenvalue weighted by Gasteiger charge is -2.34. The van der Waals surface area contributed by atoms with Gasteiger partial charge >= 0.3 is 5.97 Å². The first-order valence-electron chi connectivity index (χ1n) is 6.68. The second-order valence-electron chi connectivity index (χ2n) is 4.57. The molecule has 114 valence electrons. The summed E-state index contributed by atoms with van der Waals surface area (Å²) in [6.07, 6.45) is 0. The SMILES string of the molecule is CCOC(=O)C1CNCCN1C(=O)c1c(F)cccc1Br. The van der Waals surface area contributed by atoms with Crippen molar-refractivity contribution in [1.82, 2.24) is 10.2 Å². The number of amides is 1. The van der Waals surface area contributed by atoms with E-state index in [9.17, 15) is 14.0 Å². The molecular weight excluding hydrogens is 343 g/mol. The van der Waals surface area contributed by atoms with E-state index in [4.69, 9.17) is 4.74 Å². The molecule has 1 aromatic carbocycles. The van der Waals surface area contributed by atoms with Gasteiger partial charge in [-0.15, -0.1) is 0 Å². The Hall–Kier alpha value is -1.47. The molecule has 1 atom stereocenters. The van der Waals surface area contributed by atoms with Crippen molar-refractivity contribution in [3.8, 4) is 0 Å². The smallest absolute Gasteiger partial charge is 0.330 e. The number of piperazine rings is 1. The number of hydrogen-bond acceptors (Lipinski definition) is 4. The summed E-state index contributed by atoms with van der Waals surface area (Å²) in [4.78, 5) is 25.9. The van der Waals surface area contributed by atoms with Crippen LogP contribution in [0.1, 0.15) is 17.3 Å². The van der Waals surface area contributed by atoms with Crippen LogP contribution in [0.4, 0.5) is 4.39 Å². The van der Waals surface area contributed by atoms with Crippen molar-refractivity contribution in [2.75, 3.05) is 26.2 Å². The number of nitrogens with one attached hydrogen (secondary N) is 1. The molecule has 0 aromatic heterocycles. The average molecular weight is 359 g/mol. The first-order valence-corrected chi connectivity index (χ1v) is 7.48. The van der Waals surface area contributed by atoms with Crippen molar-refractivity contribution in [2.24, 2.45) is 0 Å². The molecule has 1 unspecified atom stereocenters. The number of nitrogens with zero attached hydrogens (tertiary/aromatic N) is 1. The van der Waals surface area contributed by atoms with Crippen LogP contribution in [0, 0.1) is 5.82 Å². The maximum absolute atomic E-state index is 13.9. The zero-order valence-electron chi connectivity index (χ0n) is 11.6. The molecule has 0 aliphatic carbocycles. The van der Waals surface area contributed by atoms with E-state index in [1.807, 2.05) is 0 Å². The van der Waals surface area contributed by atoms with Gasteiger partial charge in [0.1, 0.15) is 11.9 Å². The minimum Gasteiger partial charge on any atom is -0.464 e. The quantitative estimate of drug-likeness (QED) is 0.833. The molecule has 0 spiro atoms. The van der Waals surface area contributed by atoms with E-state index in [1.54, 1.807) is 13.0 Å². The van der Waals surface area contributed by atoms with E-state index >= 15 is 0 Å². The summed E-state index contributed by atoms with van der Waals surface area (Å²) < 4.78 is 19.3. The normalized spacial score (nSPS) is 18.4. The summed E-state index contributed by atoms with van der Waals surface area (Å²) in [6, 6.07) is 3.59. The lowest BCUT2D eigenvalue weighted by atomic mass is 10.1. The number of carbonyl (C=O) groups is 2. The van der Waals surface area contributed by atoms with Gasteiger partial charge in [-0.3, -0.25) is 4.79 Å². The first kappa shape index (κ1) is 15.9. The second-order valence-corrected chi connectivity index (χ2v) is 5.42. The summed E-state index contributed by atoms with van der Waals surface area (Å²) in [5.41, 5.74) is -0.0614. The molecule has 21 heavy (non-hydrogen) atoms. The molecule has 1 N–H and O–H groups in total. The van der Waals surface area contributed by atoms with Crippen LogP contribution in [0.15, 0.2) is 22.7 Å². The molecule has 1 aliphatic rings. The number of benzene rings is 1. The predicted molar refractivity (Wildman–Crippen MR) is 78.4 cm³/mol. The zero-order chi connectivity index (χ0) is 15.4. The third-order valence-electron chi connectivity index (χ3n) is 3.24. The largest absolute Gasteiger partial charge is 0.464 e. The highest BCUT2D eigenvalue weighted by Gasteiger charge is 2.35. The van der Waals surface area contributed by atoms with E-state index in [-0.39, 0.29) is 12.2 Å². The third-order valence-corrected chi connectivity index (χ3v) is 3.90. The summed E-state index contributed by atoms with van der Waals surface area (Å²) in [5, 5.41) is 3.04. The number of rotatable bonds is 3. The second kappa shape index (κ2) is 7.00. The minimum atomic E-state index is -0.738. The van der Waals surface area contributed by atoms with Gasteiger partial charge in [0.15, 0.2) is 0 Å². The lowest BCUT2D eigenvalue weighted by molar-refractivity contribution is -0.149. The van der Waals surface area contributed by atoms with Crippen molar-refractivity contribution in [1.29, 1.82) is 0 Å². The molecule has 0 saturated carbocycles. The molecule has 0 radical (unpaired) electrons. The minimum absolute atomic E-state index is 0.0614. The molecule has 2 rings (SSSR count). The number of hydrogen-bond donors (Lipinski definition) is 1. The number of halogens is 2. The monoisotopic (exact) mass is 358 g/mol. The maximum Gasteiger partial charge on any atom is 0.330 e. The number of ether oxygens (including phenoxy) is 1. The molecule has 7 heteroatoms. The Kier molecular flexibility index (Phi) is 5.30. The van der Waals surface area contributed by atoms with Crippen LogP contribution in [-0.4, -0.2) is 49.1 Å². The third kappa shape index (κ3) is 3.41. The molecule has 0 bridgehead atoms. The van der Waals surface area contributed by atoms with Gasteiger partial charge in [-0.25, -0.2) is 9.18 Å². The van der Waals surface area contributed by atoms with Crippen molar-refractivity contribution in [3.63, 3.8) is 0 Å². The molecule has 1 amide bonds. The van der Waals surface area contributed by atoms with Crippen molar-refractivity contribution in [2.45, 2.75) is 13.0 Å². The Bertz CT molecular complexity index is 533. The Morgan fingerprint density at radius 2 is 2.29 bits per heavy atom. The van der Waals surface area contributed by atoms with Crippen LogP contribution in [0.25, 0.3) is 0 Å². The number of carbonyl (C=O) groups excluding carboxylic acids is 2. The van der Waals surface area contributed by atoms with Crippen molar-refractivity contribution in [3.05, 3.63) is 34.1 Å². The summed E-state index contributed by atoms with van der Waals surface area (Å²) in [7, 11) is 0. The first-order chi connectivity index (χ1) is 10.1. The van der Waals surface area contributed by atoms with Crippen molar-refractivity contribution < 1.29 is 18.7 Å². The average Bonchev–Trinajstić information content (AvgIpc) is 2.47. The van der Waals surface area contributed by atoms with Crippen LogP contribution >= 0.6 is 15.9 Å². The highest BCUT2D eigenvalue weighted by atomic mass is 79.9. The molecule has 1 aromatic rings. The highest BCUT2D eigenvalue weighted by molar-refractivity contribution is 9.10. The van der Waals surface area contributed by atoms with Crippen LogP contribution < -0.4 is 5.32 Å². The van der Waals surface area contributed by atoms with Gasteiger partial charge in [-0.1, -0.05) is 6.07 Å². The van der Waals surface area contributed by atoms with Gasteiger partial charge in [0.05, 0.1) is 12.2 Å². The Morgan fingerprint density at radius 1 is 1.52 bits per heavy atom. The number of esters is 1. The standard InChI is InChI=1S/C14H16BrFN2O3/c1-2-21-14(20)11-8-17-6-7-18(11)13(19)12-9(15)4-3-5-10(12)16/h3-5,11,17H,2,6-8H2,1H3. The fourth-order valence-corrected chi connectivity index (χ4v) is 2.75. The van der Waals surface area contributed by atoms with E-state index in [1.165, 1.54) is 17.0 Å². The van der Waals surface area contributed by atoms with Crippen LogP contribution in [0.3, 0.4) is 0 Å². The summed E-state index contributed by atoms with van der Waals surface area (Å²) in [6.45, 7) is 3.11. The van der Waals surface area contributed by atoms with Gasteiger partial charge < -0.3 is 15.0 Å². The molecular formula is C14H16BrFN2O3. The molecule has 5 nitrogen and oxygen atoms in total. The Balaban J connectivity index is 2.29. The van der Waals surface area contributed by atoms with Gasteiger partial charge in [0.2, 0.25) is 0 Å². The molecule has 1 heterocycles. The van der Waals surface area contributed by atoms with Gasteiger partial charge in [0, 0.05) is 24.1 Å². The van der Waals surface area contributed by atoms with E-state index in [0.29, 0.717) is 24.1 Å². The topological polar surface area (TPSA) is 58.6 Å². The lowest BCUT2D eigenvalue weighted by Crippen LogP contribution is -2.57. The van der Waals surface area contributed by atoms with E-state index < -0.39 is 23.7 Å². The fraction of sp³-hybridized carbons (Fsp3) is 0.429. The van der Waals surface area contributed by atoms with Crippen molar-refractivity contribution >= 4 is 27.8 Å². The Morgan fingerprint density at radius 3 is 2.95 bits per heavy atom. The predicted octanol–water partition coefficient (Wildman–Crippen LogP) is 1.57. The van der Waals surface area contributed by atoms with E-state index in [0.717, 1.165) is 0 Å². The molecule has 1 aliphatic heterocycles. The van der Waals surface area contributed by atoms with Gasteiger partial charge in [0.25, 0.3) is 5.91 Å². The van der Waals surface area contributed by atoms with Crippen LogP contribution in [-0.2, 0) is 9.53 Å². The van der Waals surface area contributed by atoms with Gasteiger partial charge in [-0.05, 0) is 35.0 Å². The fourth-order valence-electron chi connectivity index (χ4n) is 2.24. The Labute approximate surface area is 130 Å². The molecule has 1 saturated heterocycles. The van der Waals surface area contributed by atoms with Crippen LogP contribution in [0.5, 0.6) is 0 Å². The maximum atomic E-state index is 13.9. The van der Waals surface area contributed by atoms with E-state index in [2.05, 4.69) is 21.2 Å². The summed E-state index contributed by atoms with van der Waals surface area (Å²) in [5.74, 6) is -1.61. The van der Waals surface area contributed by atoms with Crippen LogP contribution in [0.2, 0.25) is 0 Å². The summed E-state index contributed by atoms with van der Waals surface area (Å²) >= 11 is 3.18. The zero-order valence-corrected chi connectivity index (χ0v) is 13.2. The molecule has 1 fully saturated rings. The highest BCUT2D eigenvalue weighted by Crippen LogP contribution is 2.23.